The summed E-state index contributed by atoms with van der Waals surface area (Å²) in [6.45, 7) is 13.1. The molecule has 0 N–H and O–H groups in total. The van der Waals surface area contributed by atoms with Crippen molar-refractivity contribution in [3.63, 3.8) is 0 Å². The van der Waals surface area contributed by atoms with Crippen molar-refractivity contribution in [3.05, 3.63) is 12.2 Å². The molecule has 0 amide bonds. The van der Waals surface area contributed by atoms with Crippen LogP contribution in [-0.2, 0) is 28.5 Å². The summed E-state index contributed by atoms with van der Waals surface area (Å²) in [6.07, 6.45) is 2.52. The Balaban J connectivity index is 1.43. The monoisotopic (exact) mass is 368 g/mol. The lowest BCUT2D eigenvalue weighted by atomic mass is 9.71. The SMILES string of the molecule is C=C(C)C(=O)O[C@H]1CO[C@H]2[C@@H]1OC[C@H]2OCOC1CC(C)CC(C)(C)C1. The Morgan fingerprint density at radius 2 is 1.77 bits per heavy atom. The first-order valence-electron chi connectivity index (χ1n) is 9.58. The quantitative estimate of drug-likeness (QED) is 0.408. The Bertz CT molecular complexity index is 530. The van der Waals surface area contributed by atoms with Gasteiger partial charge in [0, 0.05) is 5.57 Å². The number of carbonyl (C=O) groups is 1. The third-order valence-corrected chi connectivity index (χ3v) is 5.50. The van der Waals surface area contributed by atoms with E-state index < -0.39 is 12.1 Å². The molecule has 0 aromatic heterocycles. The van der Waals surface area contributed by atoms with Crippen molar-refractivity contribution in [1.29, 1.82) is 0 Å². The fraction of sp³-hybridized carbons (Fsp3) is 0.850. The van der Waals surface area contributed by atoms with Crippen LogP contribution in [0.15, 0.2) is 12.2 Å². The molecule has 2 unspecified atom stereocenters. The van der Waals surface area contributed by atoms with Crippen LogP contribution in [0.4, 0.5) is 0 Å². The molecule has 148 valence electrons. The third kappa shape index (κ3) is 4.66. The lowest BCUT2D eigenvalue weighted by Crippen LogP contribution is -2.36. The van der Waals surface area contributed by atoms with Gasteiger partial charge >= 0.3 is 5.97 Å². The molecule has 0 aromatic carbocycles. The van der Waals surface area contributed by atoms with Gasteiger partial charge in [-0.25, -0.2) is 4.79 Å². The number of rotatable bonds is 6. The fourth-order valence-corrected chi connectivity index (χ4v) is 4.52. The van der Waals surface area contributed by atoms with Gasteiger partial charge in [0.25, 0.3) is 0 Å². The van der Waals surface area contributed by atoms with Gasteiger partial charge in [-0.3, -0.25) is 0 Å². The predicted molar refractivity (Wildman–Crippen MR) is 95.6 cm³/mol. The molecule has 26 heavy (non-hydrogen) atoms. The first kappa shape index (κ1) is 19.8. The second-order valence-electron chi connectivity index (χ2n) is 8.84. The van der Waals surface area contributed by atoms with Crippen LogP contribution in [0.25, 0.3) is 0 Å². The zero-order valence-corrected chi connectivity index (χ0v) is 16.4. The number of hydrogen-bond acceptors (Lipinski definition) is 6. The van der Waals surface area contributed by atoms with E-state index in [9.17, 15) is 4.79 Å². The Kier molecular flexibility index (Phi) is 6.07. The van der Waals surface area contributed by atoms with Crippen LogP contribution in [-0.4, -0.2) is 56.5 Å². The smallest absolute Gasteiger partial charge is 0.333 e. The Morgan fingerprint density at radius 1 is 1.12 bits per heavy atom. The Hall–Kier alpha value is -0.950. The van der Waals surface area contributed by atoms with Crippen molar-refractivity contribution in [3.8, 4) is 0 Å². The number of carbonyl (C=O) groups excluding carboxylic acids is 1. The highest BCUT2D eigenvalue weighted by molar-refractivity contribution is 5.87. The van der Waals surface area contributed by atoms with Crippen LogP contribution in [0, 0.1) is 11.3 Å². The van der Waals surface area contributed by atoms with Crippen LogP contribution in [0.2, 0.25) is 0 Å². The molecule has 0 bridgehead atoms. The molecule has 2 heterocycles. The van der Waals surface area contributed by atoms with Crippen molar-refractivity contribution in [2.45, 2.75) is 77.5 Å². The molecule has 0 radical (unpaired) electrons. The van der Waals surface area contributed by atoms with E-state index in [1.807, 2.05) is 0 Å². The summed E-state index contributed by atoms with van der Waals surface area (Å²) in [6, 6.07) is 0. The summed E-state index contributed by atoms with van der Waals surface area (Å²) < 4.78 is 28.8. The van der Waals surface area contributed by atoms with Crippen LogP contribution >= 0.6 is 0 Å². The minimum atomic E-state index is -0.412. The summed E-state index contributed by atoms with van der Waals surface area (Å²) in [5.74, 6) is 0.259. The first-order valence-corrected chi connectivity index (χ1v) is 9.58. The number of fused-ring (bicyclic) bond motifs is 1. The first-order chi connectivity index (χ1) is 12.2. The van der Waals surface area contributed by atoms with Crippen molar-refractivity contribution < 1.29 is 28.5 Å². The molecule has 3 fully saturated rings. The van der Waals surface area contributed by atoms with E-state index in [1.54, 1.807) is 6.92 Å². The maximum atomic E-state index is 11.7. The normalized spacial score (nSPS) is 38.8. The minimum absolute atomic E-state index is 0.192. The van der Waals surface area contributed by atoms with Gasteiger partial charge < -0.3 is 23.7 Å². The van der Waals surface area contributed by atoms with Crippen LogP contribution in [0.3, 0.4) is 0 Å². The highest BCUT2D eigenvalue weighted by Crippen LogP contribution is 2.39. The fourth-order valence-electron chi connectivity index (χ4n) is 4.52. The average molecular weight is 368 g/mol. The lowest BCUT2D eigenvalue weighted by Gasteiger charge is -2.38. The van der Waals surface area contributed by atoms with Crippen molar-refractivity contribution in [2.24, 2.45) is 11.3 Å². The third-order valence-electron chi connectivity index (χ3n) is 5.50. The molecule has 6 heteroatoms. The van der Waals surface area contributed by atoms with Crippen LogP contribution in [0.1, 0.15) is 47.0 Å². The molecule has 3 aliphatic rings. The molecule has 1 aliphatic carbocycles. The van der Waals surface area contributed by atoms with Crippen molar-refractivity contribution in [1.82, 2.24) is 0 Å². The molecule has 6 atom stereocenters. The maximum absolute atomic E-state index is 11.7. The summed E-state index contributed by atoms with van der Waals surface area (Å²) >= 11 is 0. The van der Waals surface area contributed by atoms with Crippen molar-refractivity contribution in [2.75, 3.05) is 20.0 Å². The van der Waals surface area contributed by atoms with Gasteiger partial charge in [0.1, 0.15) is 25.1 Å². The van der Waals surface area contributed by atoms with Gasteiger partial charge in [-0.1, -0.05) is 27.4 Å². The van der Waals surface area contributed by atoms with E-state index >= 15 is 0 Å². The summed E-state index contributed by atoms with van der Waals surface area (Å²) in [5, 5.41) is 0. The zero-order chi connectivity index (χ0) is 18.9. The highest BCUT2D eigenvalue weighted by atomic mass is 16.7. The van der Waals surface area contributed by atoms with E-state index in [1.165, 1.54) is 6.42 Å². The second kappa shape index (κ2) is 7.97. The number of ether oxygens (including phenoxy) is 5. The van der Waals surface area contributed by atoms with E-state index in [-0.39, 0.29) is 31.2 Å². The summed E-state index contributed by atoms with van der Waals surface area (Å²) in [5.41, 5.74) is 0.691. The molecule has 0 spiro atoms. The molecule has 1 saturated carbocycles. The van der Waals surface area contributed by atoms with Gasteiger partial charge in [0.15, 0.2) is 6.10 Å². The molecule has 6 nitrogen and oxygen atoms in total. The molecule has 2 aliphatic heterocycles. The lowest BCUT2D eigenvalue weighted by molar-refractivity contribution is -0.156. The minimum Gasteiger partial charge on any atom is -0.454 e. The zero-order valence-electron chi connectivity index (χ0n) is 16.4. The van der Waals surface area contributed by atoms with E-state index in [4.69, 9.17) is 23.7 Å². The van der Waals surface area contributed by atoms with E-state index in [0.717, 1.165) is 12.8 Å². The highest BCUT2D eigenvalue weighted by Gasteiger charge is 2.50. The van der Waals surface area contributed by atoms with Crippen LogP contribution < -0.4 is 0 Å². The van der Waals surface area contributed by atoms with Gasteiger partial charge in [-0.05, 0) is 37.5 Å². The summed E-state index contributed by atoms with van der Waals surface area (Å²) in [4.78, 5) is 11.7. The van der Waals surface area contributed by atoms with E-state index in [0.29, 0.717) is 30.1 Å². The maximum Gasteiger partial charge on any atom is 0.333 e. The van der Waals surface area contributed by atoms with Gasteiger partial charge in [0.2, 0.25) is 0 Å². The van der Waals surface area contributed by atoms with Gasteiger partial charge in [0.05, 0.1) is 19.3 Å². The van der Waals surface area contributed by atoms with Gasteiger partial charge in [-0.15, -0.1) is 0 Å². The number of hydrogen-bond donors (Lipinski definition) is 0. The topological polar surface area (TPSA) is 63.2 Å². The Labute approximate surface area is 156 Å². The molecular weight excluding hydrogens is 336 g/mol. The van der Waals surface area contributed by atoms with Crippen molar-refractivity contribution >= 4 is 5.97 Å². The van der Waals surface area contributed by atoms with Crippen LogP contribution in [0.5, 0.6) is 0 Å². The average Bonchev–Trinajstić information content (AvgIpc) is 3.09. The largest absolute Gasteiger partial charge is 0.454 e. The summed E-state index contributed by atoms with van der Waals surface area (Å²) in [7, 11) is 0. The molecule has 2 saturated heterocycles. The standard InChI is InChI=1S/C20H32O6/c1-12(2)19(21)26-16-10-23-17-15(9-22-18(16)17)25-11-24-14-6-13(3)7-20(4,5)8-14/h13-18H,1,6-11H2,2-5H3/t13?,14?,15-,16+,17-,18-/m1/s1. The van der Waals surface area contributed by atoms with E-state index in [2.05, 4.69) is 27.4 Å². The number of esters is 1. The Morgan fingerprint density at radius 3 is 2.42 bits per heavy atom. The molecule has 0 aromatic rings. The second-order valence-corrected chi connectivity index (χ2v) is 8.84. The molecule has 3 rings (SSSR count). The van der Waals surface area contributed by atoms with Gasteiger partial charge in [-0.2, -0.15) is 0 Å². The molecular formula is C20H32O6. The predicted octanol–water partition coefficient (Wildman–Crippen LogP) is 2.85.